The molecule has 33 heavy (non-hydrogen) atoms. The van der Waals surface area contributed by atoms with Crippen molar-refractivity contribution in [2.24, 2.45) is 10.2 Å². The molecule has 0 saturated heterocycles. The molecule has 2 aromatic heterocycles. The fourth-order valence-electron chi connectivity index (χ4n) is 3.45. The van der Waals surface area contributed by atoms with Crippen LogP contribution in [0.25, 0.3) is 27.2 Å². The molecule has 0 atom stereocenters. The Hall–Kier alpha value is -4.37. The number of fused-ring (bicyclic) bond motifs is 1. The predicted molar refractivity (Wildman–Crippen MR) is 127 cm³/mol. The van der Waals surface area contributed by atoms with Crippen LogP contribution in [-0.4, -0.2) is 25.8 Å². The second-order valence-electron chi connectivity index (χ2n) is 7.36. The lowest BCUT2D eigenvalue weighted by Gasteiger charge is -2.01. The molecule has 8 nitrogen and oxygen atoms in total. The number of H-pyrrole nitrogens is 1. The molecule has 2 heterocycles. The first kappa shape index (κ1) is 20.5. The highest BCUT2D eigenvalue weighted by Crippen LogP contribution is 2.27. The first-order valence-corrected chi connectivity index (χ1v) is 10.9. The summed E-state index contributed by atoms with van der Waals surface area (Å²) in [5.41, 5.74) is 2.45. The summed E-state index contributed by atoms with van der Waals surface area (Å²) in [4.78, 5) is 28.7. The zero-order valence-electron chi connectivity index (χ0n) is 17.4. The molecule has 3 aromatic carbocycles. The fraction of sp³-hybridized carbons (Fsp3) is 0.0417. The van der Waals surface area contributed by atoms with Crippen molar-refractivity contribution in [2.75, 3.05) is 0 Å². The third-order valence-corrected chi connectivity index (χ3v) is 5.95. The Kier molecular flexibility index (Phi) is 5.15. The summed E-state index contributed by atoms with van der Waals surface area (Å²) in [7, 11) is 0. The Morgan fingerprint density at radius 2 is 1.85 bits per heavy atom. The Morgan fingerprint density at radius 1 is 1.03 bits per heavy atom. The van der Waals surface area contributed by atoms with Crippen LogP contribution >= 0.6 is 11.3 Å². The highest BCUT2D eigenvalue weighted by molar-refractivity contribution is 7.12. The van der Waals surface area contributed by atoms with Crippen LogP contribution < -0.4 is 5.56 Å². The number of rotatable bonds is 5. The van der Waals surface area contributed by atoms with Crippen LogP contribution in [0, 0.1) is 6.92 Å². The molecule has 0 bridgehead atoms. The van der Waals surface area contributed by atoms with Gasteiger partial charge in [0.15, 0.2) is 5.69 Å². The number of aryl methyl sites for hydroxylation is 1. The van der Waals surface area contributed by atoms with Gasteiger partial charge in [0, 0.05) is 10.9 Å². The van der Waals surface area contributed by atoms with E-state index in [0.717, 1.165) is 22.0 Å². The zero-order valence-corrected chi connectivity index (χ0v) is 18.2. The fourth-order valence-corrected chi connectivity index (χ4v) is 4.24. The Labute approximate surface area is 191 Å². The van der Waals surface area contributed by atoms with E-state index in [4.69, 9.17) is 5.11 Å². The maximum atomic E-state index is 13.0. The molecule has 162 valence electrons. The van der Waals surface area contributed by atoms with Gasteiger partial charge in [-0.25, -0.2) is 9.78 Å². The highest BCUT2D eigenvalue weighted by Gasteiger charge is 2.15. The van der Waals surface area contributed by atoms with Crippen molar-refractivity contribution < 1.29 is 9.90 Å². The van der Waals surface area contributed by atoms with Gasteiger partial charge >= 0.3 is 11.5 Å². The molecule has 0 radical (unpaired) electrons. The van der Waals surface area contributed by atoms with E-state index in [2.05, 4.69) is 32.4 Å². The number of nitrogens with zero attached hydrogens (tertiary/aromatic N) is 4. The maximum Gasteiger partial charge on any atom is 0.335 e. The number of hydrogen-bond donors (Lipinski definition) is 2. The number of hydrogen-bond acceptors (Lipinski definition) is 6. The van der Waals surface area contributed by atoms with Gasteiger partial charge in [-0.2, -0.15) is 9.80 Å². The number of aromatic carboxylic acids is 1. The Balaban J connectivity index is 1.46. The smallest absolute Gasteiger partial charge is 0.335 e. The Morgan fingerprint density at radius 3 is 2.67 bits per heavy atom. The highest BCUT2D eigenvalue weighted by atomic mass is 32.1. The summed E-state index contributed by atoms with van der Waals surface area (Å²) in [6.07, 6.45) is 0. The number of aromatic amines is 1. The van der Waals surface area contributed by atoms with Crippen LogP contribution in [0.2, 0.25) is 0 Å². The number of thiazole rings is 1. The lowest BCUT2D eigenvalue weighted by molar-refractivity contribution is 0.0697. The zero-order chi connectivity index (χ0) is 22.9. The van der Waals surface area contributed by atoms with Gasteiger partial charge in [-0.15, -0.1) is 16.5 Å². The van der Waals surface area contributed by atoms with Gasteiger partial charge in [-0.05, 0) is 42.0 Å². The lowest BCUT2D eigenvalue weighted by atomic mass is 10.1. The van der Waals surface area contributed by atoms with Gasteiger partial charge in [-0.3, -0.25) is 9.89 Å². The molecule has 0 aliphatic rings. The van der Waals surface area contributed by atoms with Crippen molar-refractivity contribution >= 4 is 39.5 Å². The molecular weight excluding hydrogens is 438 g/mol. The minimum absolute atomic E-state index is 0.0960. The van der Waals surface area contributed by atoms with E-state index in [1.807, 2.05) is 35.7 Å². The van der Waals surface area contributed by atoms with Crippen molar-refractivity contribution in [1.82, 2.24) is 14.8 Å². The number of carbonyl (C=O) groups is 1. The maximum absolute atomic E-state index is 13.0. The van der Waals surface area contributed by atoms with Crippen molar-refractivity contribution in [2.45, 2.75) is 6.92 Å². The third kappa shape index (κ3) is 3.97. The SMILES string of the molecule is Cc1[nH]n(-c2nc(-c3ccc4ccccc4c3)cs2)c(=O)c1N=Nc1cccc(C(=O)O)c1. The average Bonchev–Trinajstić information content (AvgIpc) is 3.42. The second kappa shape index (κ2) is 8.29. The van der Waals surface area contributed by atoms with E-state index in [1.54, 1.807) is 19.1 Å². The van der Waals surface area contributed by atoms with Crippen LogP contribution in [0.3, 0.4) is 0 Å². The summed E-state index contributed by atoms with van der Waals surface area (Å²) in [6, 6.07) is 20.3. The molecule has 2 N–H and O–H groups in total. The van der Waals surface area contributed by atoms with E-state index >= 15 is 0 Å². The summed E-state index contributed by atoms with van der Waals surface area (Å²) in [5, 5.41) is 24.9. The molecule has 0 spiro atoms. The molecule has 0 aliphatic carbocycles. The topological polar surface area (TPSA) is 113 Å². The van der Waals surface area contributed by atoms with Crippen molar-refractivity contribution in [3.05, 3.63) is 93.7 Å². The van der Waals surface area contributed by atoms with E-state index < -0.39 is 5.97 Å². The lowest BCUT2D eigenvalue weighted by Crippen LogP contribution is -2.13. The molecule has 5 rings (SSSR count). The molecule has 5 aromatic rings. The number of carboxylic acids is 1. The van der Waals surface area contributed by atoms with Gasteiger partial charge in [0.25, 0.3) is 0 Å². The molecule has 0 saturated carbocycles. The van der Waals surface area contributed by atoms with E-state index in [-0.39, 0.29) is 16.8 Å². The molecule has 0 aliphatic heterocycles. The van der Waals surface area contributed by atoms with Gasteiger partial charge in [0.2, 0.25) is 5.13 Å². The van der Waals surface area contributed by atoms with Crippen molar-refractivity contribution in [3.63, 3.8) is 0 Å². The predicted octanol–water partition coefficient (Wildman–Crippen LogP) is 5.86. The summed E-state index contributed by atoms with van der Waals surface area (Å²) >= 11 is 1.34. The molecule has 0 fully saturated rings. The summed E-state index contributed by atoms with van der Waals surface area (Å²) < 4.78 is 1.34. The van der Waals surface area contributed by atoms with Crippen molar-refractivity contribution in [1.29, 1.82) is 0 Å². The van der Waals surface area contributed by atoms with Gasteiger partial charge in [0.1, 0.15) is 0 Å². The van der Waals surface area contributed by atoms with E-state index in [1.165, 1.54) is 28.2 Å². The largest absolute Gasteiger partial charge is 0.478 e. The summed E-state index contributed by atoms with van der Waals surface area (Å²) in [6.45, 7) is 1.72. The quantitative estimate of drug-likeness (QED) is 0.323. The first-order valence-electron chi connectivity index (χ1n) is 10.0. The minimum atomic E-state index is -1.06. The van der Waals surface area contributed by atoms with Gasteiger partial charge in [0.05, 0.1) is 22.6 Å². The van der Waals surface area contributed by atoms with Crippen LogP contribution in [0.4, 0.5) is 11.4 Å². The normalized spacial score (nSPS) is 11.4. The van der Waals surface area contributed by atoms with Crippen LogP contribution in [0.1, 0.15) is 16.1 Å². The number of benzene rings is 3. The number of azo groups is 1. The van der Waals surface area contributed by atoms with Crippen LogP contribution in [0.5, 0.6) is 0 Å². The molecule has 0 unspecified atom stereocenters. The van der Waals surface area contributed by atoms with Crippen LogP contribution in [-0.2, 0) is 0 Å². The van der Waals surface area contributed by atoms with E-state index in [0.29, 0.717) is 16.5 Å². The Bertz CT molecular complexity index is 1600. The molecule has 9 heteroatoms. The summed E-state index contributed by atoms with van der Waals surface area (Å²) in [5.74, 6) is -1.06. The minimum Gasteiger partial charge on any atom is -0.478 e. The molecular formula is C24H17N5O3S. The monoisotopic (exact) mass is 455 g/mol. The van der Waals surface area contributed by atoms with Gasteiger partial charge < -0.3 is 5.11 Å². The van der Waals surface area contributed by atoms with Gasteiger partial charge in [-0.1, -0.05) is 42.5 Å². The number of carboxylic acid groups (broad SMARTS) is 1. The third-order valence-electron chi connectivity index (χ3n) is 5.13. The standard InChI is InChI=1S/C24H17N5O3S/c1-14-21(27-26-19-8-4-7-18(12-19)23(31)32)22(30)29(28-14)24-25-20(13-33-24)17-10-9-15-5-2-3-6-16(15)11-17/h2-13,28H,1H3,(H,31,32). The number of nitrogens with one attached hydrogen (secondary N) is 1. The van der Waals surface area contributed by atoms with Crippen molar-refractivity contribution in [3.8, 4) is 16.4 Å². The number of aromatic nitrogens is 3. The second-order valence-corrected chi connectivity index (χ2v) is 8.20. The average molecular weight is 455 g/mol. The first-order chi connectivity index (χ1) is 16.0. The molecule has 0 amide bonds. The van der Waals surface area contributed by atoms with E-state index in [9.17, 15) is 9.59 Å². The van der Waals surface area contributed by atoms with Crippen LogP contribution in [0.15, 0.2) is 87.1 Å².